The smallest absolute Gasteiger partial charge is 0.165 e. The van der Waals surface area contributed by atoms with Gasteiger partial charge in [-0.2, -0.15) is 5.10 Å². The van der Waals surface area contributed by atoms with Crippen molar-refractivity contribution in [3.8, 4) is 17.6 Å². The molecule has 20 heavy (non-hydrogen) atoms. The molecule has 1 aromatic heterocycles. The first-order valence-electron chi connectivity index (χ1n) is 6.51. The minimum atomic E-state index is 0.253. The normalized spacial score (nSPS) is 10.2. The van der Waals surface area contributed by atoms with Gasteiger partial charge in [0.1, 0.15) is 18.7 Å². The van der Waals surface area contributed by atoms with Crippen molar-refractivity contribution >= 4 is 0 Å². The van der Waals surface area contributed by atoms with Crippen LogP contribution in [0.4, 0.5) is 0 Å². The average Bonchev–Trinajstić information content (AvgIpc) is 2.92. The standard InChI is InChI=1S/C15H18N4O/c1-12(2)19-15(17-11-18-19)10-20-14-8-4-3-6-13(14)7-5-9-16/h3-4,6,8,11-12H,9-10,16H2,1-2H3. The van der Waals surface area contributed by atoms with Gasteiger partial charge in [-0.05, 0) is 26.0 Å². The molecule has 0 saturated heterocycles. The van der Waals surface area contributed by atoms with Crippen LogP contribution in [0, 0.1) is 11.8 Å². The first-order valence-corrected chi connectivity index (χ1v) is 6.51. The molecule has 0 atom stereocenters. The lowest BCUT2D eigenvalue weighted by Crippen LogP contribution is -2.11. The van der Waals surface area contributed by atoms with Gasteiger partial charge in [-0.15, -0.1) is 0 Å². The number of nitrogens with zero attached hydrogens (tertiary/aromatic N) is 3. The molecule has 0 aliphatic rings. The summed E-state index contributed by atoms with van der Waals surface area (Å²) in [6.45, 7) is 4.80. The highest BCUT2D eigenvalue weighted by Crippen LogP contribution is 2.18. The van der Waals surface area contributed by atoms with Crippen LogP contribution in [0.2, 0.25) is 0 Å². The highest BCUT2D eigenvalue weighted by molar-refractivity contribution is 5.45. The van der Waals surface area contributed by atoms with E-state index in [0.717, 1.165) is 17.1 Å². The number of para-hydroxylation sites is 1. The zero-order valence-electron chi connectivity index (χ0n) is 11.7. The molecule has 1 heterocycles. The van der Waals surface area contributed by atoms with Crippen LogP contribution < -0.4 is 10.5 Å². The van der Waals surface area contributed by atoms with Crippen LogP contribution in [0.3, 0.4) is 0 Å². The van der Waals surface area contributed by atoms with Crippen LogP contribution in [-0.2, 0) is 6.61 Å². The average molecular weight is 270 g/mol. The summed E-state index contributed by atoms with van der Waals surface area (Å²) in [7, 11) is 0. The maximum atomic E-state index is 5.80. The molecular weight excluding hydrogens is 252 g/mol. The fourth-order valence-electron chi connectivity index (χ4n) is 1.79. The highest BCUT2D eigenvalue weighted by Gasteiger charge is 2.09. The van der Waals surface area contributed by atoms with E-state index in [4.69, 9.17) is 10.5 Å². The van der Waals surface area contributed by atoms with Crippen LogP contribution in [0.15, 0.2) is 30.6 Å². The van der Waals surface area contributed by atoms with Gasteiger partial charge < -0.3 is 10.5 Å². The number of aromatic nitrogens is 3. The number of nitrogens with two attached hydrogens (primary N) is 1. The minimum absolute atomic E-state index is 0.253. The lowest BCUT2D eigenvalue weighted by atomic mass is 10.2. The van der Waals surface area contributed by atoms with Crippen molar-refractivity contribution in [2.24, 2.45) is 5.73 Å². The number of benzene rings is 1. The second-order valence-electron chi connectivity index (χ2n) is 4.51. The summed E-state index contributed by atoms with van der Waals surface area (Å²) >= 11 is 0. The van der Waals surface area contributed by atoms with Crippen LogP contribution in [0.1, 0.15) is 31.3 Å². The molecule has 0 unspecified atom stereocenters. The Morgan fingerprint density at radius 2 is 2.15 bits per heavy atom. The minimum Gasteiger partial charge on any atom is -0.484 e. The first-order chi connectivity index (χ1) is 9.72. The molecule has 0 amide bonds. The van der Waals surface area contributed by atoms with E-state index in [9.17, 15) is 0 Å². The van der Waals surface area contributed by atoms with Gasteiger partial charge in [0, 0.05) is 6.04 Å². The van der Waals surface area contributed by atoms with Crippen molar-refractivity contribution in [3.05, 3.63) is 42.0 Å². The first kappa shape index (κ1) is 14.1. The number of rotatable bonds is 4. The van der Waals surface area contributed by atoms with Crippen molar-refractivity contribution in [1.82, 2.24) is 14.8 Å². The van der Waals surface area contributed by atoms with E-state index in [1.807, 2.05) is 28.9 Å². The predicted octanol–water partition coefficient (Wildman–Crippen LogP) is 1.75. The Labute approximate surface area is 118 Å². The van der Waals surface area contributed by atoms with Crippen molar-refractivity contribution in [2.75, 3.05) is 6.54 Å². The molecular formula is C15H18N4O. The van der Waals surface area contributed by atoms with E-state index in [0.29, 0.717) is 13.2 Å². The molecule has 2 aromatic rings. The quantitative estimate of drug-likeness (QED) is 0.860. The molecule has 5 heteroatoms. The molecule has 2 rings (SSSR count). The summed E-state index contributed by atoms with van der Waals surface area (Å²) in [5.74, 6) is 7.35. The molecule has 0 saturated carbocycles. The molecule has 0 aliphatic heterocycles. The maximum absolute atomic E-state index is 5.80. The van der Waals surface area contributed by atoms with E-state index < -0.39 is 0 Å². The fourth-order valence-corrected chi connectivity index (χ4v) is 1.79. The summed E-state index contributed by atoms with van der Waals surface area (Å²) in [5.41, 5.74) is 6.22. The van der Waals surface area contributed by atoms with Gasteiger partial charge in [-0.25, -0.2) is 9.67 Å². The van der Waals surface area contributed by atoms with Gasteiger partial charge in [0.15, 0.2) is 5.82 Å². The largest absolute Gasteiger partial charge is 0.484 e. The Balaban J connectivity index is 2.13. The van der Waals surface area contributed by atoms with Crippen molar-refractivity contribution in [3.63, 3.8) is 0 Å². The second-order valence-corrected chi connectivity index (χ2v) is 4.51. The molecule has 0 aliphatic carbocycles. The number of hydrogen-bond donors (Lipinski definition) is 1. The van der Waals surface area contributed by atoms with E-state index in [1.54, 1.807) is 6.33 Å². The third-order valence-electron chi connectivity index (χ3n) is 2.71. The van der Waals surface area contributed by atoms with Crippen molar-refractivity contribution in [2.45, 2.75) is 26.5 Å². The summed E-state index contributed by atoms with van der Waals surface area (Å²) in [6.07, 6.45) is 1.54. The summed E-state index contributed by atoms with van der Waals surface area (Å²) < 4.78 is 7.64. The van der Waals surface area contributed by atoms with E-state index in [1.165, 1.54) is 0 Å². The third kappa shape index (κ3) is 3.37. The second kappa shape index (κ2) is 6.73. The molecule has 0 radical (unpaired) electrons. The van der Waals surface area contributed by atoms with Crippen LogP contribution in [0.5, 0.6) is 5.75 Å². The van der Waals surface area contributed by atoms with Gasteiger partial charge in [0.25, 0.3) is 0 Å². The fraction of sp³-hybridized carbons (Fsp3) is 0.333. The SMILES string of the molecule is CC(C)n1ncnc1COc1ccccc1C#CCN. The van der Waals surface area contributed by atoms with Crippen molar-refractivity contribution in [1.29, 1.82) is 0 Å². The van der Waals surface area contributed by atoms with Crippen LogP contribution in [-0.4, -0.2) is 21.3 Å². The summed E-state index contributed by atoms with van der Waals surface area (Å²) in [4.78, 5) is 4.22. The molecule has 2 N–H and O–H groups in total. The van der Waals surface area contributed by atoms with E-state index in [2.05, 4.69) is 35.8 Å². The molecule has 5 nitrogen and oxygen atoms in total. The zero-order chi connectivity index (χ0) is 14.4. The highest BCUT2D eigenvalue weighted by atomic mass is 16.5. The third-order valence-corrected chi connectivity index (χ3v) is 2.71. The zero-order valence-corrected chi connectivity index (χ0v) is 11.7. The van der Waals surface area contributed by atoms with Crippen LogP contribution >= 0.6 is 0 Å². The van der Waals surface area contributed by atoms with E-state index >= 15 is 0 Å². The molecule has 0 bridgehead atoms. The Morgan fingerprint density at radius 3 is 2.90 bits per heavy atom. The van der Waals surface area contributed by atoms with Gasteiger partial charge >= 0.3 is 0 Å². The molecule has 104 valence electrons. The lowest BCUT2D eigenvalue weighted by Gasteiger charge is -2.11. The monoisotopic (exact) mass is 270 g/mol. The van der Waals surface area contributed by atoms with Crippen LogP contribution in [0.25, 0.3) is 0 Å². The van der Waals surface area contributed by atoms with Gasteiger partial charge in [0.05, 0.1) is 12.1 Å². The Hall–Kier alpha value is -2.32. The lowest BCUT2D eigenvalue weighted by molar-refractivity contribution is 0.281. The van der Waals surface area contributed by atoms with Gasteiger partial charge in [-0.1, -0.05) is 24.0 Å². The number of ether oxygens (including phenoxy) is 1. The Kier molecular flexibility index (Phi) is 4.75. The Bertz CT molecular complexity index is 622. The molecule has 1 aromatic carbocycles. The molecule has 0 spiro atoms. The number of hydrogen-bond acceptors (Lipinski definition) is 4. The van der Waals surface area contributed by atoms with Crippen molar-refractivity contribution < 1.29 is 4.74 Å². The topological polar surface area (TPSA) is 66.0 Å². The maximum Gasteiger partial charge on any atom is 0.165 e. The summed E-state index contributed by atoms with van der Waals surface area (Å²) in [5, 5.41) is 4.18. The van der Waals surface area contributed by atoms with Gasteiger partial charge in [0.2, 0.25) is 0 Å². The van der Waals surface area contributed by atoms with E-state index in [-0.39, 0.29) is 6.04 Å². The molecule has 0 fully saturated rings. The predicted molar refractivity (Wildman–Crippen MR) is 77.1 cm³/mol. The summed E-state index contributed by atoms with van der Waals surface area (Å²) in [6, 6.07) is 7.88. The van der Waals surface area contributed by atoms with Gasteiger partial charge in [-0.3, -0.25) is 0 Å². The Morgan fingerprint density at radius 1 is 1.35 bits per heavy atom.